The lowest BCUT2D eigenvalue weighted by atomic mass is 10.3. The Labute approximate surface area is 105 Å². The van der Waals surface area contributed by atoms with Gasteiger partial charge in [0.15, 0.2) is 0 Å². The van der Waals surface area contributed by atoms with Crippen molar-refractivity contribution in [3.8, 4) is 5.75 Å². The van der Waals surface area contributed by atoms with Gasteiger partial charge in [-0.3, -0.25) is 4.84 Å². The molecule has 0 aromatic heterocycles. The average Bonchev–Trinajstić information content (AvgIpc) is 2.35. The quantitative estimate of drug-likeness (QED) is 0.651. The summed E-state index contributed by atoms with van der Waals surface area (Å²) in [6, 6.07) is 6.69. The number of hydroxylamine groups is 2. The predicted octanol–water partition coefficient (Wildman–Crippen LogP) is 2.33. The van der Waals surface area contributed by atoms with Crippen molar-refractivity contribution in [3.63, 3.8) is 0 Å². The molecule has 0 aliphatic heterocycles. The summed E-state index contributed by atoms with van der Waals surface area (Å²) in [6.07, 6.45) is 0. The first kappa shape index (κ1) is 13.6. The second-order valence-electron chi connectivity index (χ2n) is 3.18. The van der Waals surface area contributed by atoms with Gasteiger partial charge >= 0.3 is 6.03 Å². The molecular formula is C11H15ClN2O3. The number of nitrogens with zero attached hydrogens (tertiary/aromatic N) is 1. The maximum atomic E-state index is 11.5. The first-order valence-corrected chi connectivity index (χ1v) is 5.58. The van der Waals surface area contributed by atoms with E-state index in [0.29, 0.717) is 23.9 Å². The van der Waals surface area contributed by atoms with Crippen molar-refractivity contribution in [2.24, 2.45) is 0 Å². The predicted molar refractivity (Wildman–Crippen MR) is 66.4 cm³/mol. The second-order valence-corrected chi connectivity index (χ2v) is 3.55. The number of urea groups is 1. The average molecular weight is 259 g/mol. The van der Waals surface area contributed by atoms with Gasteiger partial charge < -0.3 is 10.1 Å². The van der Waals surface area contributed by atoms with Crippen LogP contribution in [0.1, 0.15) is 0 Å². The summed E-state index contributed by atoms with van der Waals surface area (Å²) in [5.41, 5.74) is 0.631. The Morgan fingerprint density at radius 1 is 1.53 bits per heavy atom. The third-order valence-electron chi connectivity index (χ3n) is 1.99. The van der Waals surface area contributed by atoms with Crippen LogP contribution in [0, 0.1) is 0 Å². The van der Waals surface area contributed by atoms with E-state index < -0.39 is 0 Å². The monoisotopic (exact) mass is 258 g/mol. The Kier molecular flexibility index (Phi) is 5.59. The molecule has 17 heavy (non-hydrogen) atoms. The van der Waals surface area contributed by atoms with Crippen molar-refractivity contribution >= 4 is 23.3 Å². The van der Waals surface area contributed by atoms with Crippen LogP contribution in [0.25, 0.3) is 0 Å². The fourth-order valence-electron chi connectivity index (χ4n) is 1.11. The highest BCUT2D eigenvalue weighted by Gasteiger charge is 2.07. The van der Waals surface area contributed by atoms with E-state index in [0.717, 1.165) is 5.06 Å². The summed E-state index contributed by atoms with van der Waals surface area (Å²) in [5.74, 6) is 1.08. The van der Waals surface area contributed by atoms with Crippen LogP contribution in [0.4, 0.5) is 10.5 Å². The fraction of sp³-hybridized carbons (Fsp3) is 0.364. The van der Waals surface area contributed by atoms with Gasteiger partial charge in [0.25, 0.3) is 0 Å². The van der Waals surface area contributed by atoms with Crippen LogP contribution in [-0.2, 0) is 4.84 Å². The third kappa shape index (κ3) is 4.50. The Morgan fingerprint density at radius 2 is 2.29 bits per heavy atom. The molecule has 0 radical (unpaired) electrons. The van der Waals surface area contributed by atoms with E-state index in [9.17, 15) is 4.79 Å². The number of benzene rings is 1. The molecular weight excluding hydrogens is 244 g/mol. The molecule has 0 heterocycles. The summed E-state index contributed by atoms with van der Waals surface area (Å²) in [7, 11) is 2.93. The molecule has 0 fully saturated rings. The zero-order valence-electron chi connectivity index (χ0n) is 9.77. The Hall–Kier alpha value is -1.46. The van der Waals surface area contributed by atoms with Gasteiger partial charge in [0.05, 0.1) is 13.0 Å². The highest BCUT2D eigenvalue weighted by atomic mass is 35.5. The van der Waals surface area contributed by atoms with E-state index >= 15 is 0 Å². The summed E-state index contributed by atoms with van der Waals surface area (Å²) in [4.78, 5) is 16.2. The molecule has 0 spiro atoms. The number of carbonyl (C=O) groups excluding carboxylic acids is 1. The summed E-state index contributed by atoms with van der Waals surface area (Å²) < 4.78 is 5.34. The van der Waals surface area contributed by atoms with Gasteiger partial charge in [0.1, 0.15) is 12.4 Å². The topological polar surface area (TPSA) is 50.8 Å². The highest BCUT2D eigenvalue weighted by Crippen LogP contribution is 2.17. The number of halogens is 1. The molecule has 5 nitrogen and oxygen atoms in total. The van der Waals surface area contributed by atoms with Crippen molar-refractivity contribution in [1.29, 1.82) is 0 Å². The number of amides is 2. The molecule has 1 rings (SSSR count). The van der Waals surface area contributed by atoms with Gasteiger partial charge in [-0.25, -0.2) is 9.86 Å². The minimum atomic E-state index is -0.359. The number of carbonyl (C=O) groups is 1. The molecule has 1 aromatic carbocycles. The second kappa shape index (κ2) is 6.98. The normalized spacial score (nSPS) is 9.82. The smallest absolute Gasteiger partial charge is 0.345 e. The SMILES string of the molecule is CON(C)C(=O)Nc1cccc(OCCCl)c1. The van der Waals surface area contributed by atoms with Gasteiger partial charge in [-0.1, -0.05) is 6.07 Å². The summed E-state index contributed by atoms with van der Waals surface area (Å²) in [5, 5.41) is 3.75. The van der Waals surface area contributed by atoms with Gasteiger partial charge in [0.2, 0.25) is 0 Å². The van der Waals surface area contributed by atoms with E-state index in [1.807, 2.05) is 0 Å². The lowest BCUT2D eigenvalue weighted by Gasteiger charge is -2.15. The van der Waals surface area contributed by atoms with Gasteiger partial charge in [-0.15, -0.1) is 11.6 Å². The molecule has 1 N–H and O–H groups in total. The number of rotatable bonds is 5. The maximum Gasteiger partial charge on any atom is 0.345 e. The van der Waals surface area contributed by atoms with Crippen molar-refractivity contribution in [3.05, 3.63) is 24.3 Å². The number of hydrogen-bond donors (Lipinski definition) is 1. The largest absolute Gasteiger partial charge is 0.492 e. The van der Waals surface area contributed by atoms with E-state index in [2.05, 4.69) is 5.32 Å². The van der Waals surface area contributed by atoms with Crippen LogP contribution in [-0.4, -0.2) is 37.7 Å². The van der Waals surface area contributed by atoms with Crippen molar-refractivity contribution in [2.75, 3.05) is 32.0 Å². The zero-order valence-corrected chi connectivity index (χ0v) is 10.5. The fourth-order valence-corrected chi connectivity index (χ4v) is 1.18. The van der Waals surface area contributed by atoms with Crippen LogP contribution < -0.4 is 10.1 Å². The lowest BCUT2D eigenvalue weighted by Crippen LogP contribution is -2.30. The molecule has 0 aliphatic carbocycles. The van der Waals surface area contributed by atoms with Crippen LogP contribution >= 0.6 is 11.6 Å². The minimum absolute atomic E-state index is 0.359. The molecule has 0 saturated carbocycles. The third-order valence-corrected chi connectivity index (χ3v) is 2.15. The zero-order chi connectivity index (χ0) is 12.7. The molecule has 0 bridgehead atoms. The number of anilines is 1. The highest BCUT2D eigenvalue weighted by molar-refractivity contribution is 6.18. The van der Waals surface area contributed by atoms with E-state index in [4.69, 9.17) is 21.2 Å². The summed E-state index contributed by atoms with van der Waals surface area (Å²) >= 11 is 5.52. The van der Waals surface area contributed by atoms with Crippen LogP contribution in [0.3, 0.4) is 0 Å². The number of hydrogen-bond acceptors (Lipinski definition) is 3. The Balaban J connectivity index is 2.62. The summed E-state index contributed by atoms with van der Waals surface area (Å²) in [6.45, 7) is 0.428. The van der Waals surface area contributed by atoms with E-state index in [1.165, 1.54) is 14.2 Å². The van der Waals surface area contributed by atoms with E-state index in [1.54, 1.807) is 24.3 Å². The van der Waals surface area contributed by atoms with Crippen LogP contribution in [0.2, 0.25) is 0 Å². The Morgan fingerprint density at radius 3 is 2.94 bits per heavy atom. The molecule has 94 valence electrons. The molecule has 0 aliphatic rings. The van der Waals surface area contributed by atoms with Crippen molar-refractivity contribution in [2.45, 2.75) is 0 Å². The first-order chi connectivity index (χ1) is 8.17. The molecule has 0 atom stereocenters. The Bertz CT molecular complexity index is 373. The molecule has 6 heteroatoms. The number of ether oxygens (including phenoxy) is 1. The van der Waals surface area contributed by atoms with Gasteiger partial charge in [-0.2, -0.15) is 0 Å². The molecule has 1 aromatic rings. The number of nitrogens with one attached hydrogen (secondary N) is 1. The van der Waals surface area contributed by atoms with Crippen molar-refractivity contribution in [1.82, 2.24) is 5.06 Å². The molecule has 0 saturated heterocycles. The molecule has 0 unspecified atom stereocenters. The standard InChI is InChI=1S/C11H15ClN2O3/c1-14(16-2)11(15)13-9-4-3-5-10(8-9)17-7-6-12/h3-5,8H,6-7H2,1-2H3,(H,13,15). The minimum Gasteiger partial charge on any atom is -0.492 e. The molecule has 2 amide bonds. The van der Waals surface area contributed by atoms with E-state index in [-0.39, 0.29) is 6.03 Å². The lowest BCUT2D eigenvalue weighted by molar-refractivity contribution is -0.0598. The van der Waals surface area contributed by atoms with Crippen LogP contribution in [0.15, 0.2) is 24.3 Å². The van der Waals surface area contributed by atoms with Gasteiger partial charge in [-0.05, 0) is 12.1 Å². The van der Waals surface area contributed by atoms with Crippen molar-refractivity contribution < 1.29 is 14.4 Å². The maximum absolute atomic E-state index is 11.5. The van der Waals surface area contributed by atoms with Gasteiger partial charge in [0, 0.05) is 18.8 Å². The first-order valence-electron chi connectivity index (χ1n) is 5.05. The van der Waals surface area contributed by atoms with Crippen LogP contribution in [0.5, 0.6) is 5.75 Å². The number of alkyl halides is 1.